The Balaban J connectivity index is 2.72. The molecule has 0 amide bonds. The minimum Gasteiger partial charge on any atom is -0.481 e. The third kappa shape index (κ3) is 2.16. The second-order valence-corrected chi connectivity index (χ2v) is 2.99. The van der Waals surface area contributed by atoms with Crippen molar-refractivity contribution < 1.29 is 14.7 Å². The van der Waals surface area contributed by atoms with E-state index in [1.807, 2.05) is 0 Å². The Labute approximate surface area is 67.3 Å². The molecule has 1 rings (SSSR count). The molecule has 0 radical (unpaired) electrons. The predicted octanol–water partition coefficient (Wildman–Crippen LogP) is 1.19. The maximum Gasteiger partial charge on any atom is 0.307 e. The van der Waals surface area contributed by atoms with Crippen molar-refractivity contribution in [2.75, 3.05) is 0 Å². The van der Waals surface area contributed by atoms with Gasteiger partial charge in [-0.2, -0.15) is 0 Å². The molecule has 0 atom stereocenters. The van der Waals surface area contributed by atoms with Gasteiger partial charge in [-0.25, -0.2) is 0 Å². The van der Waals surface area contributed by atoms with Gasteiger partial charge < -0.3 is 5.11 Å². The van der Waals surface area contributed by atoms with E-state index in [0.29, 0.717) is 10.4 Å². The minimum atomic E-state index is -0.875. The van der Waals surface area contributed by atoms with E-state index in [9.17, 15) is 9.59 Å². The molecule has 3 nitrogen and oxygen atoms in total. The molecule has 1 heterocycles. The van der Waals surface area contributed by atoms with Crippen molar-refractivity contribution >= 4 is 23.6 Å². The van der Waals surface area contributed by atoms with Crippen LogP contribution in [0.5, 0.6) is 0 Å². The van der Waals surface area contributed by atoms with Crippen LogP contribution in [-0.4, -0.2) is 17.4 Å². The fraction of sp³-hybridized carbons (Fsp3) is 0.143. The number of carbonyl (C=O) groups is 2. The monoisotopic (exact) mass is 170 g/mol. The zero-order chi connectivity index (χ0) is 8.27. The lowest BCUT2D eigenvalue weighted by Gasteiger charge is -1.86. The number of hydrogen-bond donors (Lipinski definition) is 1. The number of hydrogen-bond acceptors (Lipinski definition) is 3. The summed E-state index contributed by atoms with van der Waals surface area (Å²) in [5, 5.41) is 10.0. The largest absolute Gasteiger partial charge is 0.481 e. The number of carbonyl (C=O) groups excluding carboxylic acids is 1. The van der Waals surface area contributed by atoms with Gasteiger partial charge in [-0.3, -0.25) is 9.59 Å². The zero-order valence-electron chi connectivity index (χ0n) is 5.61. The first-order valence-corrected chi connectivity index (χ1v) is 3.84. The second-order valence-electron chi connectivity index (χ2n) is 2.05. The van der Waals surface area contributed by atoms with E-state index in [1.54, 1.807) is 11.4 Å². The Bertz CT molecular complexity index is 277. The highest BCUT2D eigenvalue weighted by Crippen LogP contribution is 2.12. The summed E-state index contributed by atoms with van der Waals surface area (Å²) in [5.74, 6) is -0.875. The lowest BCUT2D eigenvalue weighted by molar-refractivity contribution is -0.136. The molecule has 0 bridgehead atoms. The van der Waals surface area contributed by atoms with E-state index in [1.165, 1.54) is 11.3 Å². The first-order chi connectivity index (χ1) is 5.22. The third-order valence-electron chi connectivity index (χ3n) is 1.15. The molecule has 1 N–H and O–H groups in total. The van der Waals surface area contributed by atoms with Crippen LogP contribution in [-0.2, 0) is 11.2 Å². The van der Waals surface area contributed by atoms with Gasteiger partial charge in [-0.05, 0) is 17.0 Å². The Morgan fingerprint density at radius 2 is 2.45 bits per heavy atom. The Kier molecular flexibility index (Phi) is 2.38. The molecular weight excluding hydrogens is 164 g/mol. The summed E-state index contributed by atoms with van der Waals surface area (Å²) < 4.78 is 0. The van der Waals surface area contributed by atoms with Crippen molar-refractivity contribution in [3.05, 3.63) is 21.9 Å². The first-order valence-electron chi connectivity index (χ1n) is 2.97. The fourth-order valence-corrected chi connectivity index (χ4v) is 1.44. The molecule has 0 aliphatic carbocycles. The Morgan fingerprint density at radius 1 is 1.73 bits per heavy atom. The molecule has 58 valence electrons. The number of carboxylic acid groups (broad SMARTS) is 1. The van der Waals surface area contributed by atoms with Crippen molar-refractivity contribution in [3.8, 4) is 0 Å². The normalized spacial score (nSPS) is 9.45. The molecule has 11 heavy (non-hydrogen) atoms. The van der Waals surface area contributed by atoms with E-state index >= 15 is 0 Å². The molecular formula is C7H6O3S. The summed E-state index contributed by atoms with van der Waals surface area (Å²) in [6.45, 7) is 0. The number of aliphatic carboxylic acids is 1. The molecule has 0 unspecified atom stereocenters. The maximum absolute atomic E-state index is 10.2. The molecule has 0 saturated carbocycles. The lowest BCUT2D eigenvalue weighted by Crippen LogP contribution is -1.97. The van der Waals surface area contributed by atoms with Crippen LogP contribution in [0.4, 0.5) is 0 Å². The van der Waals surface area contributed by atoms with Crippen LogP contribution in [0.3, 0.4) is 0 Å². The molecule has 0 fully saturated rings. The van der Waals surface area contributed by atoms with Crippen LogP contribution in [0.15, 0.2) is 11.4 Å². The van der Waals surface area contributed by atoms with Crippen molar-refractivity contribution in [3.63, 3.8) is 0 Å². The van der Waals surface area contributed by atoms with Crippen LogP contribution in [0.2, 0.25) is 0 Å². The predicted molar refractivity (Wildman–Crippen MR) is 41.0 cm³/mol. The average molecular weight is 170 g/mol. The standard InChI is InChI=1S/C7H6O3S/c8-3-6-1-5(4-11-6)2-7(9)10/h1,3-4H,2H2,(H,9,10). The van der Waals surface area contributed by atoms with Gasteiger partial charge in [0.2, 0.25) is 0 Å². The molecule has 0 saturated heterocycles. The smallest absolute Gasteiger partial charge is 0.307 e. The molecule has 4 heteroatoms. The topological polar surface area (TPSA) is 54.4 Å². The van der Waals surface area contributed by atoms with Crippen LogP contribution >= 0.6 is 11.3 Å². The first kappa shape index (κ1) is 7.94. The van der Waals surface area contributed by atoms with Crippen LogP contribution < -0.4 is 0 Å². The van der Waals surface area contributed by atoms with Crippen LogP contribution in [0.1, 0.15) is 15.2 Å². The van der Waals surface area contributed by atoms with Gasteiger partial charge in [0.05, 0.1) is 11.3 Å². The maximum atomic E-state index is 10.2. The van der Waals surface area contributed by atoms with Crippen molar-refractivity contribution in [1.29, 1.82) is 0 Å². The zero-order valence-corrected chi connectivity index (χ0v) is 6.43. The van der Waals surface area contributed by atoms with E-state index in [2.05, 4.69) is 0 Å². The summed E-state index contributed by atoms with van der Waals surface area (Å²) in [4.78, 5) is 20.9. The highest BCUT2D eigenvalue weighted by atomic mass is 32.1. The molecule has 0 spiro atoms. The van der Waals surface area contributed by atoms with Crippen molar-refractivity contribution in [1.82, 2.24) is 0 Å². The minimum absolute atomic E-state index is 0.00958. The summed E-state index contributed by atoms with van der Waals surface area (Å²) in [7, 11) is 0. The number of carboxylic acids is 1. The van der Waals surface area contributed by atoms with Crippen molar-refractivity contribution in [2.24, 2.45) is 0 Å². The van der Waals surface area contributed by atoms with Crippen LogP contribution in [0.25, 0.3) is 0 Å². The summed E-state index contributed by atoms with van der Waals surface area (Å²) in [5.41, 5.74) is 0.685. The number of thiophene rings is 1. The average Bonchev–Trinajstić information content (AvgIpc) is 2.34. The summed E-state index contributed by atoms with van der Waals surface area (Å²) in [6, 6.07) is 1.59. The molecule has 0 aliphatic heterocycles. The van der Waals surface area contributed by atoms with Gasteiger partial charge in [-0.15, -0.1) is 11.3 Å². The lowest BCUT2D eigenvalue weighted by atomic mass is 10.2. The Morgan fingerprint density at radius 3 is 2.91 bits per heavy atom. The highest BCUT2D eigenvalue weighted by molar-refractivity contribution is 7.11. The fourth-order valence-electron chi connectivity index (χ4n) is 0.724. The third-order valence-corrected chi connectivity index (χ3v) is 2.05. The van der Waals surface area contributed by atoms with Gasteiger partial charge in [-0.1, -0.05) is 0 Å². The molecule has 1 aromatic rings. The van der Waals surface area contributed by atoms with E-state index in [-0.39, 0.29) is 6.42 Å². The van der Waals surface area contributed by atoms with E-state index in [4.69, 9.17) is 5.11 Å². The van der Waals surface area contributed by atoms with Gasteiger partial charge in [0.1, 0.15) is 0 Å². The van der Waals surface area contributed by atoms with Gasteiger partial charge in [0, 0.05) is 0 Å². The highest BCUT2D eigenvalue weighted by Gasteiger charge is 2.02. The molecule has 0 aromatic carbocycles. The van der Waals surface area contributed by atoms with Crippen LogP contribution in [0, 0.1) is 0 Å². The van der Waals surface area contributed by atoms with E-state index in [0.717, 1.165) is 6.29 Å². The Hall–Kier alpha value is -1.16. The van der Waals surface area contributed by atoms with Gasteiger partial charge >= 0.3 is 5.97 Å². The van der Waals surface area contributed by atoms with Crippen molar-refractivity contribution in [2.45, 2.75) is 6.42 Å². The SMILES string of the molecule is O=Cc1cc(CC(=O)O)cs1. The molecule has 1 aromatic heterocycles. The van der Waals surface area contributed by atoms with E-state index < -0.39 is 5.97 Å². The molecule has 0 aliphatic rings. The quantitative estimate of drug-likeness (QED) is 0.693. The van der Waals surface area contributed by atoms with Gasteiger partial charge in [0.25, 0.3) is 0 Å². The second kappa shape index (κ2) is 3.30. The summed E-state index contributed by atoms with van der Waals surface area (Å²) >= 11 is 1.26. The number of aldehydes is 1. The summed E-state index contributed by atoms with van der Waals surface area (Å²) in [6.07, 6.45) is 0.709. The van der Waals surface area contributed by atoms with Gasteiger partial charge in [0.15, 0.2) is 6.29 Å². The number of rotatable bonds is 3.